The van der Waals surface area contributed by atoms with Crippen LogP contribution in [0.5, 0.6) is 0 Å². The molecular formula is C32H34N6O3. The molecule has 1 aliphatic heterocycles. The molecule has 2 aromatic carbocycles. The second-order valence-corrected chi connectivity index (χ2v) is 10.7. The predicted octanol–water partition coefficient (Wildman–Crippen LogP) is 5.88. The van der Waals surface area contributed by atoms with Gasteiger partial charge in [0.1, 0.15) is 17.9 Å². The second-order valence-electron chi connectivity index (χ2n) is 10.7. The number of hydrogen-bond donors (Lipinski definition) is 3. The fourth-order valence-corrected chi connectivity index (χ4v) is 5.93. The summed E-state index contributed by atoms with van der Waals surface area (Å²) in [7, 11) is 1.33. The van der Waals surface area contributed by atoms with Crippen LogP contribution in [0.25, 0.3) is 33.6 Å². The smallest absolute Gasteiger partial charge is 0.407 e. The lowest BCUT2D eigenvalue weighted by Gasteiger charge is -2.34. The zero-order chi connectivity index (χ0) is 28.2. The molecule has 1 fully saturated rings. The maximum absolute atomic E-state index is 13.8. The van der Waals surface area contributed by atoms with Crippen LogP contribution >= 0.6 is 0 Å². The van der Waals surface area contributed by atoms with Crippen LogP contribution in [0.15, 0.2) is 79.4 Å². The Kier molecular flexibility index (Phi) is 7.67. The van der Waals surface area contributed by atoms with Crippen LogP contribution in [-0.4, -0.2) is 56.5 Å². The van der Waals surface area contributed by atoms with Gasteiger partial charge in [-0.1, -0.05) is 79.9 Å². The zero-order valence-corrected chi connectivity index (χ0v) is 23.0. The molecule has 2 aliphatic rings. The molecule has 9 nitrogen and oxygen atoms in total. The number of methoxy groups -OCH3 is 1. The van der Waals surface area contributed by atoms with E-state index in [1.54, 1.807) is 11.2 Å². The van der Waals surface area contributed by atoms with Crippen molar-refractivity contribution >= 4 is 12.0 Å². The number of rotatable bonds is 7. The molecule has 2 atom stereocenters. The third-order valence-electron chi connectivity index (χ3n) is 8.18. The van der Waals surface area contributed by atoms with Gasteiger partial charge >= 0.3 is 6.09 Å². The average Bonchev–Trinajstić information content (AvgIpc) is 3.82. The number of aromatic amines is 2. The molecule has 41 heavy (non-hydrogen) atoms. The number of hydrogen-bond acceptors (Lipinski definition) is 5. The van der Waals surface area contributed by atoms with Gasteiger partial charge in [0.25, 0.3) is 0 Å². The molecule has 1 saturated carbocycles. The fraction of sp³-hybridized carbons (Fsp3) is 0.312. The summed E-state index contributed by atoms with van der Waals surface area (Å²) in [5.74, 6) is 0.697. The van der Waals surface area contributed by atoms with E-state index in [2.05, 4.69) is 73.8 Å². The lowest BCUT2D eigenvalue weighted by atomic mass is 9.83. The minimum atomic E-state index is -0.610. The molecule has 1 unspecified atom stereocenters. The number of nitrogens with zero attached hydrogens (tertiary/aromatic N) is 3. The summed E-state index contributed by atoms with van der Waals surface area (Å²) < 4.78 is 4.85. The highest BCUT2D eigenvalue weighted by Crippen LogP contribution is 2.32. The molecule has 1 aliphatic carbocycles. The van der Waals surface area contributed by atoms with Gasteiger partial charge in [-0.05, 0) is 41.0 Å². The van der Waals surface area contributed by atoms with E-state index < -0.39 is 12.1 Å². The maximum atomic E-state index is 13.8. The van der Waals surface area contributed by atoms with Crippen LogP contribution in [0, 0.1) is 5.92 Å². The number of benzene rings is 2. The highest BCUT2D eigenvalue weighted by Gasteiger charge is 2.38. The third kappa shape index (κ3) is 5.66. The molecule has 0 spiro atoms. The standard InChI is InChI=1S/C32H34N6O3/c1-41-32(40)37-29(25-6-3-2-4-7-25)31(39)38-17-5-8-28(38)30-34-19-27(36-30)24-15-11-22(12-16-24)21-9-13-23(14-10-21)26-18-33-20-35-26/h5,8-16,18-20,25,28-29H,2-4,6-7,17H2,1H3,(H,33,35)(H,34,36)(H,37,40)/t28-,29?/m0/s1. The second kappa shape index (κ2) is 11.8. The van der Waals surface area contributed by atoms with Gasteiger partial charge in [-0.15, -0.1) is 0 Å². The predicted molar refractivity (Wildman–Crippen MR) is 157 cm³/mol. The molecule has 0 radical (unpaired) electrons. The van der Waals surface area contributed by atoms with Crippen LogP contribution in [0.3, 0.4) is 0 Å². The highest BCUT2D eigenvalue weighted by atomic mass is 16.5. The summed E-state index contributed by atoms with van der Waals surface area (Å²) >= 11 is 0. The Morgan fingerprint density at radius 3 is 2.22 bits per heavy atom. The van der Waals surface area contributed by atoms with Crippen molar-refractivity contribution in [2.75, 3.05) is 13.7 Å². The molecule has 9 heteroatoms. The van der Waals surface area contributed by atoms with Crippen LogP contribution in [-0.2, 0) is 9.53 Å². The third-order valence-corrected chi connectivity index (χ3v) is 8.18. The molecular weight excluding hydrogens is 516 g/mol. The zero-order valence-electron chi connectivity index (χ0n) is 23.0. The summed E-state index contributed by atoms with van der Waals surface area (Å²) in [4.78, 5) is 43.0. The van der Waals surface area contributed by atoms with Gasteiger partial charge in [-0.2, -0.15) is 0 Å². The molecule has 210 valence electrons. The van der Waals surface area contributed by atoms with Crippen LogP contribution in [0.4, 0.5) is 4.79 Å². The molecule has 0 saturated heterocycles. The van der Waals surface area contributed by atoms with Crippen molar-refractivity contribution < 1.29 is 14.3 Å². The maximum Gasteiger partial charge on any atom is 0.407 e. The number of carbonyl (C=O) groups is 2. The highest BCUT2D eigenvalue weighted by molar-refractivity contribution is 5.87. The molecule has 6 rings (SSSR count). The van der Waals surface area contributed by atoms with Gasteiger partial charge in [0.15, 0.2) is 0 Å². The number of alkyl carbamates (subject to hydrolysis) is 1. The van der Waals surface area contributed by atoms with Gasteiger partial charge in [0.2, 0.25) is 5.91 Å². The summed E-state index contributed by atoms with van der Waals surface area (Å²) in [5, 5.41) is 2.83. The van der Waals surface area contributed by atoms with Crippen molar-refractivity contribution in [3.05, 3.63) is 85.2 Å². The van der Waals surface area contributed by atoms with Crippen molar-refractivity contribution in [2.45, 2.75) is 44.2 Å². The quantitative estimate of drug-likeness (QED) is 0.249. The van der Waals surface area contributed by atoms with Crippen LogP contribution in [0.2, 0.25) is 0 Å². The van der Waals surface area contributed by atoms with E-state index in [0.717, 1.165) is 65.7 Å². The minimum Gasteiger partial charge on any atom is -0.453 e. The molecule has 2 amide bonds. The molecule has 0 bridgehead atoms. The molecule has 3 N–H and O–H groups in total. The van der Waals surface area contributed by atoms with E-state index in [-0.39, 0.29) is 17.9 Å². The average molecular weight is 551 g/mol. The molecule has 3 heterocycles. The first kappa shape index (κ1) is 26.6. The van der Waals surface area contributed by atoms with E-state index in [1.807, 2.05) is 24.5 Å². The topological polar surface area (TPSA) is 116 Å². The normalized spacial score (nSPS) is 17.9. The Morgan fingerprint density at radius 1 is 0.927 bits per heavy atom. The summed E-state index contributed by atoms with van der Waals surface area (Å²) in [5.41, 5.74) is 6.21. The monoisotopic (exact) mass is 550 g/mol. The van der Waals surface area contributed by atoms with Gasteiger partial charge in [-0.25, -0.2) is 14.8 Å². The number of ether oxygens (including phenoxy) is 1. The summed E-state index contributed by atoms with van der Waals surface area (Å²) in [6.07, 6.45) is 13.8. The van der Waals surface area contributed by atoms with Crippen LogP contribution < -0.4 is 5.32 Å². The lowest BCUT2D eigenvalue weighted by molar-refractivity contribution is -0.135. The van der Waals surface area contributed by atoms with Gasteiger partial charge in [0, 0.05) is 6.54 Å². The first-order chi connectivity index (χ1) is 20.1. The Bertz CT molecular complexity index is 1500. The number of carbonyl (C=O) groups excluding carboxylic acids is 2. The fourth-order valence-electron chi connectivity index (χ4n) is 5.93. The van der Waals surface area contributed by atoms with Crippen molar-refractivity contribution in [1.82, 2.24) is 30.2 Å². The van der Waals surface area contributed by atoms with Crippen molar-refractivity contribution in [3.8, 4) is 33.6 Å². The Hall–Kier alpha value is -4.66. The first-order valence-corrected chi connectivity index (χ1v) is 14.2. The largest absolute Gasteiger partial charge is 0.453 e. The van der Waals surface area contributed by atoms with Gasteiger partial charge in [-0.3, -0.25) is 4.79 Å². The Balaban J connectivity index is 1.17. The lowest BCUT2D eigenvalue weighted by Crippen LogP contribution is -2.52. The van der Waals surface area contributed by atoms with Gasteiger partial charge in [0.05, 0.1) is 37.2 Å². The van der Waals surface area contributed by atoms with E-state index in [4.69, 9.17) is 4.74 Å². The number of imidazole rings is 2. The van der Waals surface area contributed by atoms with E-state index in [1.165, 1.54) is 7.11 Å². The summed E-state index contributed by atoms with van der Waals surface area (Å²) in [6, 6.07) is 15.8. The Morgan fingerprint density at radius 2 is 1.59 bits per heavy atom. The number of aromatic nitrogens is 4. The van der Waals surface area contributed by atoms with Crippen LogP contribution in [0.1, 0.15) is 44.0 Å². The van der Waals surface area contributed by atoms with E-state index in [9.17, 15) is 9.59 Å². The van der Waals surface area contributed by atoms with Crippen molar-refractivity contribution in [2.24, 2.45) is 5.92 Å². The number of nitrogens with one attached hydrogen (secondary N) is 3. The number of H-pyrrole nitrogens is 2. The molecule has 4 aromatic rings. The minimum absolute atomic E-state index is 0.0989. The van der Waals surface area contributed by atoms with E-state index >= 15 is 0 Å². The SMILES string of the molecule is COC(=O)NC(C(=O)N1CC=C[C@H]1c1ncc(-c2ccc(-c3ccc(-c4cnc[nH]4)cc3)cc2)[nH]1)C1CCCCC1. The Labute approximate surface area is 239 Å². The van der Waals surface area contributed by atoms with Gasteiger partial charge < -0.3 is 24.9 Å². The van der Waals surface area contributed by atoms with Crippen molar-refractivity contribution in [1.29, 1.82) is 0 Å². The summed E-state index contributed by atoms with van der Waals surface area (Å²) in [6.45, 7) is 0.472. The van der Waals surface area contributed by atoms with E-state index in [0.29, 0.717) is 12.4 Å². The van der Waals surface area contributed by atoms with Crippen molar-refractivity contribution in [3.63, 3.8) is 0 Å². The molecule has 2 aromatic heterocycles. The number of amides is 2. The first-order valence-electron chi connectivity index (χ1n) is 14.2.